The fourth-order valence-electron chi connectivity index (χ4n) is 1.93. The van der Waals surface area contributed by atoms with E-state index < -0.39 is 0 Å². The van der Waals surface area contributed by atoms with Crippen LogP contribution >= 0.6 is 23.3 Å². The van der Waals surface area contributed by atoms with Crippen molar-refractivity contribution in [3.63, 3.8) is 0 Å². The van der Waals surface area contributed by atoms with Gasteiger partial charge in [0.25, 0.3) is 0 Å². The molecule has 0 spiro atoms. The average Bonchev–Trinajstić information content (AvgIpc) is 2.79. The Morgan fingerprint density at radius 3 is 3.13 bits per heavy atom. The van der Waals surface area contributed by atoms with Crippen LogP contribution in [-0.2, 0) is 0 Å². The number of hydrogen-bond acceptors (Lipinski definition) is 5. The van der Waals surface area contributed by atoms with Gasteiger partial charge in [-0.2, -0.15) is 8.75 Å². The normalized spacial score (nSPS) is 22.1. The number of anilines is 1. The van der Waals surface area contributed by atoms with Gasteiger partial charge in [0.2, 0.25) is 0 Å². The zero-order valence-corrected chi connectivity index (χ0v) is 10.3. The number of halogens is 1. The van der Waals surface area contributed by atoms with Gasteiger partial charge in [-0.15, -0.1) is 0 Å². The number of rotatable bonds is 4. The minimum absolute atomic E-state index is 0.470. The first-order chi connectivity index (χ1) is 7.29. The minimum Gasteiger partial charge on any atom is -0.363 e. The van der Waals surface area contributed by atoms with E-state index in [9.17, 15) is 0 Å². The lowest BCUT2D eigenvalue weighted by Gasteiger charge is -2.15. The summed E-state index contributed by atoms with van der Waals surface area (Å²) in [6, 6.07) is 0.470. The molecule has 0 aromatic carbocycles. The molecule has 0 bridgehead atoms. The number of aromatic nitrogens is 2. The van der Waals surface area contributed by atoms with E-state index in [1.54, 1.807) is 0 Å². The van der Waals surface area contributed by atoms with E-state index in [-0.39, 0.29) is 0 Å². The van der Waals surface area contributed by atoms with Crippen molar-refractivity contribution in [3.05, 3.63) is 5.15 Å². The molecule has 1 atom stereocenters. The smallest absolute Gasteiger partial charge is 0.186 e. The van der Waals surface area contributed by atoms with Gasteiger partial charge in [-0.3, -0.25) is 0 Å². The average molecular weight is 247 g/mol. The third-order valence-corrected chi connectivity index (χ3v) is 3.49. The highest BCUT2D eigenvalue weighted by molar-refractivity contribution is 6.99. The second kappa shape index (κ2) is 5.09. The molecule has 1 fully saturated rings. The molecule has 2 heterocycles. The molecule has 1 N–H and O–H groups in total. The Morgan fingerprint density at radius 2 is 2.47 bits per heavy atom. The first-order valence-electron chi connectivity index (χ1n) is 5.26. The van der Waals surface area contributed by atoms with Gasteiger partial charge in [0.05, 0.1) is 11.7 Å². The lowest BCUT2D eigenvalue weighted by Crippen LogP contribution is -2.26. The maximum atomic E-state index is 5.88. The lowest BCUT2D eigenvalue weighted by atomic mass is 10.3. The molecule has 84 valence electrons. The van der Waals surface area contributed by atoms with Gasteiger partial charge in [-0.25, -0.2) is 0 Å². The Hall–Kier alpha value is -0.390. The molecule has 15 heavy (non-hydrogen) atoms. The Kier molecular flexibility index (Phi) is 3.77. The van der Waals surface area contributed by atoms with Crippen LogP contribution in [0.2, 0.25) is 5.15 Å². The molecule has 0 saturated carbocycles. The maximum Gasteiger partial charge on any atom is 0.186 e. The first-order valence-corrected chi connectivity index (χ1v) is 6.37. The van der Waals surface area contributed by atoms with E-state index in [1.165, 1.54) is 19.5 Å². The predicted molar refractivity (Wildman–Crippen MR) is 63.7 cm³/mol. The van der Waals surface area contributed by atoms with Crippen molar-refractivity contribution in [3.8, 4) is 0 Å². The third kappa shape index (κ3) is 2.80. The van der Waals surface area contributed by atoms with Gasteiger partial charge in [0, 0.05) is 19.1 Å². The Labute approximate surface area is 99.0 Å². The topological polar surface area (TPSA) is 41.0 Å². The van der Waals surface area contributed by atoms with Crippen LogP contribution in [0.3, 0.4) is 0 Å². The number of likely N-dealkylation sites (tertiary alicyclic amines) is 1. The quantitative estimate of drug-likeness (QED) is 0.883. The minimum atomic E-state index is 0.470. The van der Waals surface area contributed by atoms with E-state index in [0.29, 0.717) is 11.2 Å². The Morgan fingerprint density at radius 1 is 1.60 bits per heavy atom. The van der Waals surface area contributed by atoms with Crippen molar-refractivity contribution >= 4 is 29.1 Å². The third-order valence-electron chi connectivity index (χ3n) is 2.60. The van der Waals surface area contributed by atoms with Gasteiger partial charge in [-0.05, 0) is 19.4 Å². The van der Waals surface area contributed by atoms with Crippen molar-refractivity contribution in [2.45, 2.75) is 25.8 Å². The van der Waals surface area contributed by atoms with Crippen molar-refractivity contribution in [1.82, 2.24) is 13.6 Å². The number of hydrogen-bond donors (Lipinski definition) is 1. The van der Waals surface area contributed by atoms with Gasteiger partial charge < -0.3 is 10.2 Å². The fourth-order valence-corrected chi connectivity index (χ4v) is 2.59. The van der Waals surface area contributed by atoms with Gasteiger partial charge >= 0.3 is 0 Å². The molecule has 0 aliphatic carbocycles. The van der Waals surface area contributed by atoms with Crippen molar-refractivity contribution in [2.24, 2.45) is 0 Å². The predicted octanol–water partition coefficient (Wildman–Crippen LogP) is 2.09. The molecule has 1 unspecified atom stereocenters. The standard InChI is InChI=1S/C9H15ClN4S/c1-2-4-14-5-3-7(6-14)11-9-8(10)12-15-13-9/h7H,2-6H2,1H3,(H,11,13). The van der Waals surface area contributed by atoms with Crippen LogP contribution < -0.4 is 5.32 Å². The molecule has 4 nitrogen and oxygen atoms in total. The molecular weight excluding hydrogens is 232 g/mol. The molecule has 2 rings (SSSR count). The molecule has 1 aliphatic heterocycles. The number of nitrogens with one attached hydrogen (secondary N) is 1. The van der Waals surface area contributed by atoms with Gasteiger partial charge in [0.15, 0.2) is 11.0 Å². The van der Waals surface area contributed by atoms with E-state index >= 15 is 0 Å². The van der Waals surface area contributed by atoms with Crippen LogP contribution in [0.4, 0.5) is 5.82 Å². The zero-order chi connectivity index (χ0) is 10.7. The first kappa shape index (κ1) is 11.1. The molecule has 1 saturated heterocycles. The molecule has 1 aliphatic rings. The van der Waals surface area contributed by atoms with Crippen LogP contribution in [0.1, 0.15) is 19.8 Å². The molecule has 1 aromatic rings. The summed E-state index contributed by atoms with van der Waals surface area (Å²) >= 11 is 7.03. The van der Waals surface area contributed by atoms with Crippen LogP contribution in [0, 0.1) is 0 Å². The van der Waals surface area contributed by atoms with E-state index in [1.807, 2.05) is 0 Å². The van der Waals surface area contributed by atoms with Crippen LogP contribution in [-0.4, -0.2) is 39.3 Å². The van der Waals surface area contributed by atoms with Gasteiger partial charge in [-0.1, -0.05) is 18.5 Å². The van der Waals surface area contributed by atoms with E-state index in [0.717, 1.165) is 30.5 Å². The zero-order valence-electron chi connectivity index (χ0n) is 8.74. The summed E-state index contributed by atoms with van der Waals surface area (Å²) in [7, 11) is 0. The second-order valence-electron chi connectivity index (χ2n) is 3.83. The molecule has 0 radical (unpaired) electrons. The summed E-state index contributed by atoms with van der Waals surface area (Å²) in [5, 5.41) is 3.84. The maximum absolute atomic E-state index is 5.88. The second-order valence-corrected chi connectivity index (χ2v) is 4.72. The molecule has 1 aromatic heterocycles. The van der Waals surface area contributed by atoms with Crippen molar-refractivity contribution in [2.75, 3.05) is 25.0 Å². The summed E-state index contributed by atoms with van der Waals surface area (Å²) in [5.41, 5.74) is 0. The highest BCUT2D eigenvalue weighted by Gasteiger charge is 2.22. The Balaban J connectivity index is 1.85. The summed E-state index contributed by atoms with van der Waals surface area (Å²) in [5.74, 6) is 0.741. The van der Waals surface area contributed by atoms with Crippen molar-refractivity contribution < 1.29 is 0 Å². The van der Waals surface area contributed by atoms with Crippen LogP contribution in [0.25, 0.3) is 0 Å². The van der Waals surface area contributed by atoms with Crippen LogP contribution in [0.5, 0.6) is 0 Å². The van der Waals surface area contributed by atoms with E-state index in [4.69, 9.17) is 11.6 Å². The SMILES string of the molecule is CCCN1CCC(Nc2nsnc2Cl)C1. The largest absolute Gasteiger partial charge is 0.363 e. The summed E-state index contributed by atoms with van der Waals surface area (Å²) < 4.78 is 8.05. The summed E-state index contributed by atoms with van der Waals surface area (Å²) in [4.78, 5) is 2.46. The van der Waals surface area contributed by atoms with Gasteiger partial charge in [0.1, 0.15) is 0 Å². The molecule has 0 amide bonds. The van der Waals surface area contributed by atoms with Crippen molar-refractivity contribution in [1.29, 1.82) is 0 Å². The monoisotopic (exact) mass is 246 g/mol. The van der Waals surface area contributed by atoms with E-state index in [2.05, 4.69) is 25.9 Å². The fraction of sp³-hybridized carbons (Fsp3) is 0.778. The summed E-state index contributed by atoms with van der Waals surface area (Å²) in [6.45, 7) is 5.64. The summed E-state index contributed by atoms with van der Waals surface area (Å²) in [6.07, 6.45) is 2.37. The highest BCUT2D eigenvalue weighted by Crippen LogP contribution is 2.21. The number of nitrogens with zero attached hydrogens (tertiary/aromatic N) is 3. The molecular formula is C9H15ClN4S. The van der Waals surface area contributed by atoms with Crippen LogP contribution in [0.15, 0.2) is 0 Å². The Bertz CT molecular complexity index is 317. The lowest BCUT2D eigenvalue weighted by molar-refractivity contribution is 0.337. The molecule has 6 heteroatoms. The highest BCUT2D eigenvalue weighted by atomic mass is 35.5.